The van der Waals surface area contributed by atoms with E-state index in [1.165, 1.54) is 6.07 Å². The van der Waals surface area contributed by atoms with Crippen LogP contribution in [-0.2, 0) is 13.0 Å². The summed E-state index contributed by atoms with van der Waals surface area (Å²) in [6.07, 6.45) is 0.612. The smallest absolute Gasteiger partial charge is 0.371 e. The van der Waals surface area contributed by atoms with Gasteiger partial charge in [0.1, 0.15) is 18.1 Å². The van der Waals surface area contributed by atoms with Crippen LogP contribution in [0.4, 0.5) is 0 Å². The Morgan fingerprint density at radius 2 is 1.89 bits per heavy atom. The Morgan fingerprint density at radius 3 is 2.47 bits per heavy atom. The van der Waals surface area contributed by atoms with Gasteiger partial charge in [0.05, 0.1) is 0 Å². The second kappa shape index (κ2) is 6.06. The Hall–Kier alpha value is -2.27. The Kier molecular flexibility index (Phi) is 4.20. The van der Waals surface area contributed by atoms with Gasteiger partial charge in [-0.1, -0.05) is 12.1 Å². The number of aliphatic hydroxyl groups is 1. The van der Waals surface area contributed by atoms with Crippen molar-refractivity contribution in [3.63, 3.8) is 0 Å². The number of furan rings is 1. The zero-order valence-corrected chi connectivity index (χ0v) is 10.2. The van der Waals surface area contributed by atoms with Crippen LogP contribution in [-0.4, -0.2) is 22.8 Å². The molecule has 0 bridgehead atoms. The second-order valence-electron chi connectivity index (χ2n) is 3.98. The fourth-order valence-corrected chi connectivity index (χ4v) is 1.61. The van der Waals surface area contributed by atoms with E-state index in [-0.39, 0.29) is 19.0 Å². The lowest BCUT2D eigenvalue weighted by molar-refractivity contribution is 0.0658. The average Bonchev–Trinajstić information content (AvgIpc) is 2.87. The predicted octanol–water partition coefficient (Wildman–Crippen LogP) is 2.09. The number of carboxylic acid groups (broad SMARTS) is 1. The molecular weight excluding hydrogens is 248 g/mol. The molecule has 2 aromatic rings. The number of benzene rings is 1. The van der Waals surface area contributed by atoms with E-state index in [4.69, 9.17) is 19.4 Å². The van der Waals surface area contributed by atoms with Crippen LogP contribution in [0.15, 0.2) is 40.8 Å². The summed E-state index contributed by atoms with van der Waals surface area (Å²) in [5.74, 6) is -0.0803. The van der Waals surface area contributed by atoms with Gasteiger partial charge in [0.15, 0.2) is 0 Å². The monoisotopic (exact) mass is 262 g/mol. The number of carboxylic acids is 1. The highest BCUT2D eigenvalue weighted by molar-refractivity contribution is 5.84. The van der Waals surface area contributed by atoms with Gasteiger partial charge < -0.3 is 19.4 Å². The number of ether oxygens (including phenoxy) is 1. The van der Waals surface area contributed by atoms with E-state index in [0.717, 1.165) is 5.56 Å². The summed E-state index contributed by atoms with van der Waals surface area (Å²) >= 11 is 0. The molecule has 1 aromatic heterocycles. The van der Waals surface area contributed by atoms with E-state index in [1.807, 2.05) is 12.1 Å². The van der Waals surface area contributed by atoms with E-state index < -0.39 is 5.97 Å². The Labute approximate surface area is 110 Å². The fraction of sp³-hybridized carbons (Fsp3) is 0.214. The van der Waals surface area contributed by atoms with Crippen molar-refractivity contribution in [3.8, 4) is 5.75 Å². The minimum absolute atomic E-state index is 0.100. The van der Waals surface area contributed by atoms with E-state index >= 15 is 0 Å². The number of hydrogen-bond acceptors (Lipinski definition) is 4. The summed E-state index contributed by atoms with van der Waals surface area (Å²) in [6.45, 7) is 0.289. The van der Waals surface area contributed by atoms with Crippen molar-refractivity contribution in [1.82, 2.24) is 0 Å². The molecule has 5 heteroatoms. The molecule has 2 rings (SSSR count). The van der Waals surface area contributed by atoms with Crippen LogP contribution in [0.5, 0.6) is 5.75 Å². The first-order valence-corrected chi connectivity index (χ1v) is 5.83. The molecule has 0 aliphatic heterocycles. The van der Waals surface area contributed by atoms with Crippen LogP contribution in [0.2, 0.25) is 0 Å². The van der Waals surface area contributed by atoms with Crippen molar-refractivity contribution in [2.75, 3.05) is 6.61 Å². The average molecular weight is 262 g/mol. The Balaban J connectivity index is 1.92. The van der Waals surface area contributed by atoms with Crippen molar-refractivity contribution in [1.29, 1.82) is 0 Å². The molecule has 0 fully saturated rings. The summed E-state index contributed by atoms with van der Waals surface area (Å²) in [5.41, 5.74) is 1.03. The minimum Gasteiger partial charge on any atom is -0.486 e. The molecule has 0 unspecified atom stereocenters. The molecule has 0 saturated carbocycles. The van der Waals surface area contributed by atoms with E-state index in [0.29, 0.717) is 17.9 Å². The molecule has 2 N–H and O–H groups in total. The SMILES string of the molecule is O=C(O)c1ccc(COc2ccc(CCO)cc2)o1. The van der Waals surface area contributed by atoms with Gasteiger partial charge in [-0.3, -0.25) is 0 Å². The first kappa shape index (κ1) is 13.2. The highest BCUT2D eigenvalue weighted by Crippen LogP contribution is 2.15. The Bertz CT molecular complexity index is 541. The largest absolute Gasteiger partial charge is 0.486 e. The zero-order valence-electron chi connectivity index (χ0n) is 10.2. The topological polar surface area (TPSA) is 79.9 Å². The molecule has 0 radical (unpaired) electrons. The standard InChI is InChI=1S/C14H14O5/c15-8-7-10-1-3-11(4-2-10)18-9-12-5-6-13(19-12)14(16)17/h1-6,15H,7-9H2,(H,16,17). The lowest BCUT2D eigenvalue weighted by Crippen LogP contribution is -1.96. The fourth-order valence-electron chi connectivity index (χ4n) is 1.61. The molecule has 5 nitrogen and oxygen atoms in total. The summed E-state index contributed by atoms with van der Waals surface area (Å²) in [7, 11) is 0. The number of rotatable bonds is 6. The van der Waals surface area contributed by atoms with Crippen molar-refractivity contribution >= 4 is 5.97 Å². The molecule has 0 amide bonds. The maximum Gasteiger partial charge on any atom is 0.371 e. The van der Waals surface area contributed by atoms with Gasteiger partial charge in [-0.05, 0) is 36.2 Å². The molecular formula is C14H14O5. The quantitative estimate of drug-likeness (QED) is 0.833. The van der Waals surface area contributed by atoms with Gasteiger partial charge in [0.25, 0.3) is 0 Å². The first-order chi connectivity index (χ1) is 9.19. The normalized spacial score (nSPS) is 10.4. The number of aromatic carboxylic acids is 1. The predicted molar refractivity (Wildman–Crippen MR) is 67.2 cm³/mol. The van der Waals surface area contributed by atoms with Crippen molar-refractivity contribution in [2.45, 2.75) is 13.0 Å². The lowest BCUT2D eigenvalue weighted by Gasteiger charge is -2.05. The van der Waals surface area contributed by atoms with Gasteiger partial charge in [-0.15, -0.1) is 0 Å². The van der Waals surface area contributed by atoms with Crippen LogP contribution in [0, 0.1) is 0 Å². The third-order valence-electron chi connectivity index (χ3n) is 2.58. The number of aliphatic hydroxyl groups excluding tert-OH is 1. The van der Waals surface area contributed by atoms with Crippen molar-refractivity contribution in [2.24, 2.45) is 0 Å². The van der Waals surface area contributed by atoms with Gasteiger partial charge in [-0.2, -0.15) is 0 Å². The number of carbonyl (C=O) groups is 1. The molecule has 1 aromatic carbocycles. The Morgan fingerprint density at radius 1 is 1.16 bits per heavy atom. The highest BCUT2D eigenvalue weighted by Gasteiger charge is 2.09. The molecule has 19 heavy (non-hydrogen) atoms. The minimum atomic E-state index is -1.10. The molecule has 0 aliphatic carbocycles. The summed E-state index contributed by atoms with van der Waals surface area (Å²) in [4.78, 5) is 10.6. The van der Waals surface area contributed by atoms with E-state index in [9.17, 15) is 4.79 Å². The maximum atomic E-state index is 10.6. The maximum absolute atomic E-state index is 10.6. The van der Waals surface area contributed by atoms with Crippen LogP contribution in [0.1, 0.15) is 21.9 Å². The molecule has 0 saturated heterocycles. The summed E-state index contributed by atoms with van der Waals surface area (Å²) in [6, 6.07) is 10.3. The van der Waals surface area contributed by atoms with Crippen LogP contribution >= 0.6 is 0 Å². The van der Waals surface area contributed by atoms with Gasteiger partial charge in [-0.25, -0.2) is 4.79 Å². The van der Waals surface area contributed by atoms with E-state index in [2.05, 4.69) is 0 Å². The van der Waals surface area contributed by atoms with Crippen LogP contribution in [0.25, 0.3) is 0 Å². The van der Waals surface area contributed by atoms with Crippen LogP contribution < -0.4 is 4.74 Å². The first-order valence-electron chi connectivity index (χ1n) is 5.83. The molecule has 0 atom stereocenters. The third-order valence-corrected chi connectivity index (χ3v) is 2.58. The van der Waals surface area contributed by atoms with Gasteiger partial charge in [0.2, 0.25) is 5.76 Å². The molecule has 1 heterocycles. The summed E-state index contributed by atoms with van der Waals surface area (Å²) in [5, 5.41) is 17.5. The van der Waals surface area contributed by atoms with Gasteiger partial charge >= 0.3 is 5.97 Å². The third kappa shape index (κ3) is 3.59. The van der Waals surface area contributed by atoms with Crippen molar-refractivity contribution < 1.29 is 24.2 Å². The highest BCUT2D eigenvalue weighted by atomic mass is 16.5. The van der Waals surface area contributed by atoms with Gasteiger partial charge in [0, 0.05) is 6.61 Å². The lowest BCUT2D eigenvalue weighted by atomic mass is 10.1. The molecule has 0 aliphatic rings. The summed E-state index contributed by atoms with van der Waals surface area (Å²) < 4.78 is 10.5. The number of hydrogen-bond donors (Lipinski definition) is 2. The zero-order chi connectivity index (χ0) is 13.7. The van der Waals surface area contributed by atoms with E-state index in [1.54, 1.807) is 18.2 Å². The van der Waals surface area contributed by atoms with Crippen LogP contribution in [0.3, 0.4) is 0 Å². The van der Waals surface area contributed by atoms with Crippen molar-refractivity contribution in [3.05, 3.63) is 53.5 Å². The molecule has 100 valence electrons. The second-order valence-corrected chi connectivity index (χ2v) is 3.98. The molecule has 0 spiro atoms.